The summed E-state index contributed by atoms with van der Waals surface area (Å²) in [6, 6.07) is 0. The minimum Gasteiger partial charge on any atom is -0.544 e. The van der Waals surface area contributed by atoms with Crippen LogP contribution in [0.3, 0.4) is 0 Å². The van der Waals surface area contributed by atoms with Gasteiger partial charge in [-0.25, -0.2) is 0 Å². The molecule has 1 aliphatic heterocycles. The summed E-state index contributed by atoms with van der Waals surface area (Å²) in [7, 11) is -0.891. The Morgan fingerprint density at radius 1 is 1.17 bits per heavy atom. The zero-order valence-electron chi connectivity index (χ0n) is 18.8. The summed E-state index contributed by atoms with van der Waals surface area (Å²) in [6.07, 6.45) is 5.39. The molecule has 1 unspecified atom stereocenters. The van der Waals surface area contributed by atoms with E-state index in [1.807, 2.05) is 4.90 Å². The number of ether oxygens (including phenoxy) is 1. The Hall–Kier alpha value is -0.793. The van der Waals surface area contributed by atoms with E-state index in [-0.39, 0.29) is 23.0 Å². The maximum atomic E-state index is 12.6. The Kier molecular flexibility index (Phi) is 9.76. The van der Waals surface area contributed by atoms with Crippen molar-refractivity contribution in [2.75, 3.05) is 32.1 Å². The largest absolute Gasteiger partial charge is 0.544 e. The number of unbranched alkanes of at least 4 members (excludes halogenated alkanes) is 3. The summed E-state index contributed by atoms with van der Waals surface area (Å²) in [5, 5.41) is 0. The van der Waals surface area contributed by atoms with Gasteiger partial charge in [0.1, 0.15) is 5.76 Å². The average Bonchev–Trinajstić information content (AvgIpc) is 2.97. The van der Waals surface area contributed by atoms with Crippen LogP contribution in [0.2, 0.25) is 13.1 Å². The van der Waals surface area contributed by atoms with E-state index in [9.17, 15) is 9.59 Å². The van der Waals surface area contributed by atoms with E-state index in [4.69, 9.17) is 9.16 Å². The topological polar surface area (TPSA) is 55.8 Å². The van der Waals surface area contributed by atoms with Crippen molar-refractivity contribution in [1.82, 2.24) is 4.90 Å². The van der Waals surface area contributed by atoms with E-state index in [0.717, 1.165) is 55.2 Å². The SMILES string of the molecule is C[Si](C)OC1=C(SCCCCCCC(=O)N2CCOCC2)C(=O)CC1C(C)(C)C. The molecule has 1 heterocycles. The van der Waals surface area contributed by atoms with E-state index in [2.05, 4.69) is 33.9 Å². The molecular weight excluding hydrogens is 402 g/mol. The van der Waals surface area contributed by atoms with Gasteiger partial charge in [0.05, 0.1) is 18.1 Å². The van der Waals surface area contributed by atoms with Gasteiger partial charge in [-0.1, -0.05) is 33.6 Å². The molecule has 1 saturated heterocycles. The highest BCUT2D eigenvalue weighted by molar-refractivity contribution is 8.04. The molecule has 0 aromatic heterocycles. The monoisotopic (exact) mass is 440 g/mol. The molecular formula is C22H38NO4SSi. The predicted octanol–water partition coefficient (Wildman–Crippen LogP) is 4.64. The predicted molar refractivity (Wildman–Crippen MR) is 121 cm³/mol. The van der Waals surface area contributed by atoms with Crippen molar-refractivity contribution in [2.45, 2.75) is 72.4 Å². The maximum absolute atomic E-state index is 12.6. The fourth-order valence-electron chi connectivity index (χ4n) is 3.73. The number of ketones is 1. The van der Waals surface area contributed by atoms with Gasteiger partial charge in [-0.15, -0.1) is 11.8 Å². The molecule has 0 N–H and O–H groups in total. The van der Waals surface area contributed by atoms with Crippen molar-refractivity contribution >= 4 is 32.5 Å². The molecule has 2 rings (SSSR count). The fourth-order valence-corrected chi connectivity index (χ4v) is 5.61. The van der Waals surface area contributed by atoms with Gasteiger partial charge in [0.25, 0.3) is 9.04 Å². The van der Waals surface area contributed by atoms with Crippen LogP contribution >= 0.6 is 11.8 Å². The van der Waals surface area contributed by atoms with E-state index < -0.39 is 9.04 Å². The molecule has 165 valence electrons. The molecule has 1 radical (unpaired) electrons. The number of carbonyl (C=O) groups is 2. The van der Waals surface area contributed by atoms with Gasteiger partial charge in [-0.3, -0.25) is 9.59 Å². The van der Waals surface area contributed by atoms with Crippen molar-refractivity contribution in [2.24, 2.45) is 11.3 Å². The van der Waals surface area contributed by atoms with Crippen molar-refractivity contribution in [3.63, 3.8) is 0 Å². The molecule has 0 bridgehead atoms. The highest BCUT2D eigenvalue weighted by Gasteiger charge is 2.41. The Morgan fingerprint density at radius 2 is 1.83 bits per heavy atom. The summed E-state index contributed by atoms with van der Waals surface area (Å²) < 4.78 is 11.5. The molecule has 0 aromatic rings. The lowest BCUT2D eigenvalue weighted by atomic mass is 9.79. The van der Waals surface area contributed by atoms with Gasteiger partial charge in [0.15, 0.2) is 5.78 Å². The second-order valence-electron chi connectivity index (χ2n) is 9.26. The number of amides is 1. The lowest BCUT2D eigenvalue weighted by molar-refractivity contribution is -0.135. The number of Topliss-reactive ketones (excluding diaryl/α,β-unsaturated/α-hetero) is 1. The van der Waals surface area contributed by atoms with E-state index in [1.165, 1.54) is 0 Å². The Morgan fingerprint density at radius 3 is 2.45 bits per heavy atom. The van der Waals surface area contributed by atoms with Crippen LogP contribution in [0.15, 0.2) is 10.7 Å². The number of rotatable bonds is 10. The van der Waals surface area contributed by atoms with Gasteiger partial charge in [-0.2, -0.15) is 0 Å². The van der Waals surface area contributed by atoms with Gasteiger partial charge in [0, 0.05) is 31.8 Å². The number of thioether (sulfide) groups is 1. The number of morpholine rings is 1. The third-order valence-corrected chi connectivity index (χ3v) is 7.28. The lowest BCUT2D eigenvalue weighted by Gasteiger charge is -2.29. The van der Waals surface area contributed by atoms with Gasteiger partial charge >= 0.3 is 0 Å². The summed E-state index contributed by atoms with van der Waals surface area (Å²) >= 11 is 1.68. The highest BCUT2D eigenvalue weighted by atomic mass is 32.2. The van der Waals surface area contributed by atoms with Gasteiger partial charge in [-0.05, 0) is 37.1 Å². The zero-order chi connectivity index (χ0) is 21.4. The lowest BCUT2D eigenvalue weighted by Crippen LogP contribution is -2.40. The second-order valence-corrected chi connectivity index (χ2v) is 12.4. The summed E-state index contributed by atoms with van der Waals surface area (Å²) in [6.45, 7) is 13.6. The van der Waals surface area contributed by atoms with Crippen LogP contribution in [0.25, 0.3) is 0 Å². The number of nitrogens with zero attached hydrogens (tertiary/aromatic N) is 1. The number of allylic oxidation sites excluding steroid dienone is 2. The van der Waals surface area contributed by atoms with Crippen molar-refractivity contribution in [1.29, 1.82) is 0 Å². The first-order valence-electron chi connectivity index (χ1n) is 10.9. The first kappa shape index (κ1) is 24.5. The molecule has 1 atom stereocenters. The molecule has 5 nitrogen and oxygen atoms in total. The van der Waals surface area contributed by atoms with Gasteiger partial charge < -0.3 is 14.1 Å². The summed E-state index contributed by atoms with van der Waals surface area (Å²) in [5.41, 5.74) is 0.0393. The Balaban J connectivity index is 1.72. The van der Waals surface area contributed by atoms with Crippen LogP contribution in [0.4, 0.5) is 0 Å². The quantitative estimate of drug-likeness (QED) is 0.366. The standard InChI is InChI=1S/C22H38NO4SSi/c1-22(2,3)17-16-18(24)21(20(17)27-29(4)5)28-15-9-7-6-8-10-19(25)23-11-13-26-14-12-23/h17H,6-16H2,1-5H3. The third kappa shape index (κ3) is 7.76. The molecule has 7 heteroatoms. The van der Waals surface area contributed by atoms with E-state index in [0.29, 0.717) is 26.1 Å². The number of carbonyl (C=O) groups excluding carboxylic acids is 2. The molecule has 0 aromatic carbocycles. The minimum absolute atomic E-state index is 0.0393. The number of hydrogen-bond donors (Lipinski definition) is 0. The highest BCUT2D eigenvalue weighted by Crippen LogP contribution is 2.45. The molecule has 29 heavy (non-hydrogen) atoms. The number of hydrogen-bond acceptors (Lipinski definition) is 5. The summed E-state index contributed by atoms with van der Waals surface area (Å²) in [5.74, 6) is 2.61. The Labute approximate surface area is 182 Å². The summed E-state index contributed by atoms with van der Waals surface area (Å²) in [4.78, 5) is 27.6. The normalized spacial score (nSPS) is 20.7. The van der Waals surface area contributed by atoms with Crippen LogP contribution in [0.5, 0.6) is 0 Å². The first-order chi connectivity index (χ1) is 13.7. The van der Waals surface area contributed by atoms with Crippen LogP contribution in [0.1, 0.15) is 59.3 Å². The fraction of sp³-hybridized carbons (Fsp3) is 0.818. The third-order valence-electron chi connectivity index (χ3n) is 5.44. The average molecular weight is 441 g/mol. The molecule has 1 fully saturated rings. The van der Waals surface area contributed by atoms with Crippen molar-refractivity contribution in [3.8, 4) is 0 Å². The first-order valence-corrected chi connectivity index (χ1v) is 14.3. The smallest absolute Gasteiger partial charge is 0.273 e. The molecule has 0 saturated carbocycles. The molecule has 1 aliphatic carbocycles. The molecule has 2 aliphatic rings. The van der Waals surface area contributed by atoms with Crippen LogP contribution < -0.4 is 0 Å². The minimum atomic E-state index is -0.891. The second kappa shape index (κ2) is 11.6. The van der Waals surface area contributed by atoms with E-state index >= 15 is 0 Å². The molecule has 1 amide bonds. The zero-order valence-corrected chi connectivity index (χ0v) is 20.7. The maximum Gasteiger partial charge on any atom is 0.273 e. The van der Waals surface area contributed by atoms with Crippen LogP contribution in [-0.2, 0) is 18.8 Å². The van der Waals surface area contributed by atoms with Crippen LogP contribution in [0, 0.1) is 11.3 Å². The van der Waals surface area contributed by atoms with Crippen LogP contribution in [-0.4, -0.2) is 57.7 Å². The van der Waals surface area contributed by atoms with Gasteiger partial charge in [0.2, 0.25) is 5.91 Å². The van der Waals surface area contributed by atoms with Crippen molar-refractivity contribution in [3.05, 3.63) is 10.7 Å². The molecule has 0 spiro atoms. The van der Waals surface area contributed by atoms with Crippen molar-refractivity contribution < 1.29 is 18.8 Å². The Bertz CT molecular complexity index is 594. The van der Waals surface area contributed by atoms with E-state index in [1.54, 1.807) is 11.8 Å².